The van der Waals surface area contributed by atoms with Crippen LogP contribution in [0.25, 0.3) is 0 Å². The molecule has 202 valence electrons. The van der Waals surface area contributed by atoms with Crippen molar-refractivity contribution in [2.75, 3.05) is 0 Å². The summed E-state index contributed by atoms with van der Waals surface area (Å²) in [4.78, 5) is 98.3. The van der Waals surface area contributed by atoms with Crippen LogP contribution in [-0.2, 0) is 57.3 Å². The number of hydrogen-bond acceptors (Lipinski definition) is 12. The van der Waals surface area contributed by atoms with Gasteiger partial charge in [-0.2, -0.15) is 0 Å². The van der Waals surface area contributed by atoms with E-state index in [-0.39, 0.29) is 57.8 Å². The van der Waals surface area contributed by atoms with Crippen molar-refractivity contribution in [3.8, 4) is 0 Å². The fourth-order valence-electron chi connectivity index (χ4n) is 5.32. The van der Waals surface area contributed by atoms with Gasteiger partial charge in [0.1, 0.15) is 0 Å². The van der Waals surface area contributed by atoms with Crippen LogP contribution in [0.3, 0.4) is 0 Å². The Labute approximate surface area is 212 Å². The number of fused-ring (bicyclic) bond motifs is 5. The number of ether oxygens (including phenoxy) is 4. The van der Waals surface area contributed by atoms with Crippen LogP contribution >= 0.6 is 0 Å². The van der Waals surface area contributed by atoms with Crippen LogP contribution in [0, 0.1) is 35.5 Å². The predicted molar refractivity (Wildman–Crippen MR) is 118 cm³/mol. The van der Waals surface area contributed by atoms with Crippen molar-refractivity contribution in [3.63, 3.8) is 0 Å². The third kappa shape index (κ3) is 7.30. The molecule has 0 spiro atoms. The number of rotatable bonds is 2. The van der Waals surface area contributed by atoms with Gasteiger partial charge in [-0.1, -0.05) is 6.42 Å². The first kappa shape index (κ1) is 28.1. The van der Waals surface area contributed by atoms with E-state index in [0.29, 0.717) is 0 Å². The van der Waals surface area contributed by atoms with Crippen molar-refractivity contribution in [1.29, 1.82) is 0 Å². The van der Waals surface area contributed by atoms with E-state index in [0.717, 1.165) is 13.8 Å². The van der Waals surface area contributed by atoms with Crippen molar-refractivity contribution in [2.45, 2.75) is 71.6 Å². The van der Waals surface area contributed by atoms with Crippen molar-refractivity contribution < 1.29 is 57.3 Å². The second kappa shape index (κ2) is 12.2. The molecular formula is C25H30O12. The lowest BCUT2D eigenvalue weighted by Crippen LogP contribution is -2.37. The van der Waals surface area contributed by atoms with E-state index in [1.165, 1.54) is 0 Å². The summed E-state index contributed by atoms with van der Waals surface area (Å²) in [5.74, 6) is -12.0. The highest BCUT2D eigenvalue weighted by Crippen LogP contribution is 2.37. The summed E-state index contributed by atoms with van der Waals surface area (Å²) in [5.41, 5.74) is 0. The zero-order chi connectivity index (χ0) is 27.3. The predicted octanol–water partition coefficient (Wildman–Crippen LogP) is 1.55. The maximum atomic E-state index is 12.8. The highest BCUT2D eigenvalue weighted by atomic mass is 16.6. The van der Waals surface area contributed by atoms with E-state index in [9.17, 15) is 38.4 Å². The summed E-state index contributed by atoms with van der Waals surface area (Å²) < 4.78 is 19.4. The quantitative estimate of drug-likeness (QED) is 0.291. The molecule has 6 unspecified atom stereocenters. The van der Waals surface area contributed by atoms with Gasteiger partial charge < -0.3 is 18.9 Å². The molecule has 4 bridgehead atoms. The van der Waals surface area contributed by atoms with E-state index < -0.39 is 83.3 Å². The van der Waals surface area contributed by atoms with Gasteiger partial charge in [-0.05, 0) is 51.4 Å². The van der Waals surface area contributed by atoms with Gasteiger partial charge in [-0.3, -0.25) is 38.4 Å². The Hall–Kier alpha value is -3.44. The van der Waals surface area contributed by atoms with Gasteiger partial charge in [0.05, 0.1) is 35.5 Å². The smallest absolute Gasteiger partial charge is 0.317 e. The van der Waals surface area contributed by atoms with Gasteiger partial charge in [-0.25, -0.2) is 0 Å². The summed E-state index contributed by atoms with van der Waals surface area (Å²) in [6.45, 7) is 2.13. The number of esters is 8. The summed E-state index contributed by atoms with van der Waals surface area (Å²) in [6, 6.07) is 0. The molecule has 0 amide bonds. The monoisotopic (exact) mass is 522 g/mol. The minimum Gasteiger partial charge on any atom is -0.393 e. The number of carbonyl (C=O) groups excluding carboxylic acids is 8. The molecule has 2 aliphatic heterocycles. The summed E-state index contributed by atoms with van der Waals surface area (Å²) >= 11 is 0. The summed E-state index contributed by atoms with van der Waals surface area (Å²) in [5, 5.41) is 0. The molecule has 12 nitrogen and oxygen atoms in total. The third-order valence-corrected chi connectivity index (χ3v) is 7.21. The molecule has 0 N–H and O–H groups in total. The highest BCUT2D eigenvalue weighted by Gasteiger charge is 2.45. The van der Waals surface area contributed by atoms with E-state index in [1.807, 2.05) is 0 Å². The van der Waals surface area contributed by atoms with Gasteiger partial charge in [0.2, 0.25) is 0 Å². The third-order valence-electron chi connectivity index (χ3n) is 7.21. The van der Waals surface area contributed by atoms with Crippen LogP contribution < -0.4 is 0 Å². The lowest BCUT2D eigenvalue weighted by atomic mass is 9.80. The number of cyclic esters (lactones) is 4. The molecule has 0 aromatic rings. The lowest BCUT2D eigenvalue weighted by molar-refractivity contribution is -0.175. The normalized spacial score (nSPS) is 31.1. The van der Waals surface area contributed by atoms with Gasteiger partial charge in [0, 0.05) is 13.8 Å². The Morgan fingerprint density at radius 3 is 1.73 bits per heavy atom. The minimum absolute atomic E-state index is 0.0141. The first-order valence-corrected chi connectivity index (χ1v) is 12.4. The van der Waals surface area contributed by atoms with Crippen LogP contribution in [0.5, 0.6) is 0 Å². The van der Waals surface area contributed by atoms with Crippen molar-refractivity contribution in [2.24, 2.45) is 35.5 Å². The largest absolute Gasteiger partial charge is 0.393 e. The molecule has 1 saturated carbocycles. The number of carbonyl (C=O) groups is 8. The molecule has 0 aromatic heterocycles. The number of hydrogen-bond donors (Lipinski definition) is 0. The molecule has 1 aliphatic carbocycles. The minimum atomic E-state index is -1.12. The van der Waals surface area contributed by atoms with E-state index in [2.05, 4.69) is 0 Å². The molecule has 3 fully saturated rings. The molecule has 0 radical (unpaired) electrons. The topological polar surface area (TPSA) is 173 Å². The fraction of sp³-hybridized carbons (Fsp3) is 0.680. The zero-order valence-corrected chi connectivity index (χ0v) is 20.7. The molecule has 37 heavy (non-hydrogen) atoms. The molecule has 3 rings (SSSR count). The SMILES string of the molecule is CC(=O)OC(=O)C1CCCC(C(=O)OC(C)=O)C2CCC(CC3CC(CC1)C(=O)OC3=O)C(=O)OC2=O. The van der Waals surface area contributed by atoms with Crippen LogP contribution in [0.15, 0.2) is 0 Å². The van der Waals surface area contributed by atoms with Crippen molar-refractivity contribution in [3.05, 3.63) is 0 Å². The van der Waals surface area contributed by atoms with Gasteiger partial charge in [-0.15, -0.1) is 0 Å². The van der Waals surface area contributed by atoms with Crippen molar-refractivity contribution in [1.82, 2.24) is 0 Å². The van der Waals surface area contributed by atoms with Crippen LogP contribution in [0.4, 0.5) is 0 Å². The zero-order valence-electron chi connectivity index (χ0n) is 20.7. The molecule has 2 saturated heterocycles. The summed E-state index contributed by atoms with van der Waals surface area (Å²) in [7, 11) is 0. The molecule has 6 atom stereocenters. The maximum absolute atomic E-state index is 12.8. The second-order valence-electron chi connectivity index (χ2n) is 9.86. The second-order valence-corrected chi connectivity index (χ2v) is 9.86. The van der Waals surface area contributed by atoms with Crippen LogP contribution in [0.2, 0.25) is 0 Å². The Balaban J connectivity index is 1.93. The Bertz CT molecular complexity index is 998. The fourth-order valence-corrected chi connectivity index (χ4v) is 5.32. The average Bonchev–Trinajstić information content (AvgIpc) is 2.92. The van der Waals surface area contributed by atoms with Crippen LogP contribution in [0.1, 0.15) is 71.6 Å². The maximum Gasteiger partial charge on any atom is 0.317 e. The Morgan fingerprint density at radius 2 is 1.14 bits per heavy atom. The first-order chi connectivity index (χ1) is 17.5. The molecular weight excluding hydrogens is 492 g/mol. The van der Waals surface area contributed by atoms with Crippen molar-refractivity contribution >= 4 is 47.8 Å². The van der Waals surface area contributed by atoms with Gasteiger partial charge >= 0.3 is 47.8 Å². The average molecular weight is 523 g/mol. The lowest BCUT2D eigenvalue weighted by Gasteiger charge is -2.28. The Kier molecular flexibility index (Phi) is 9.28. The van der Waals surface area contributed by atoms with E-state index in [1.54, 1.807) is 0 Å². The molecule has 0 aromatic carbocycles. The molecule has 12 heteroatoms. The van der Waals surface area contributed by atoms with E-state index >= 15 is 0 Å². The first-order valence-electron chi connectivity index (χ1n) is 12.4. The molecule has 2 heterocycles. The van der Waals surface area contributed by atoms with Gasteiger partial charge in [0.15, 0.2) is 0 Å². The Morgan fingerprint density at radius 1 is 0.622 bits per heavy atom. The van der Waals surface area contributed by atoms with E-state index in [4.69, 9.17) is 18.9 Å². The van der Waals surface area contributed by atoms with Gasteiger partial charge in [0.25, 0.3) is 0 Å². The van der Waals surface area contributed by atoms with Crippen LogP contribution in [-0.4, -0.2) is 47.8 Å². The molecule has 3 aliphatic rings. The standard InChI is InChI=1S/C25H30O12/c1-12(26)34-20(28)14-4-3-5-18(24(32)35-13(2)27)19-9-8-16(22(30)37-25(19)33)11-17-10-15(7-6-14)21(29)36-23(17)31/h14-19H,3-11H2,1-2H3. The summed E-state index contributed by atoms with van der Waals surface area (Å²) in [6.07, 6.45) is 0.968. The highest BCUT2D eigenvalue weighted by molar-refractivity contribution is 5.94.